The van der Waals surface area contributed by atoms with E-state index in [9.17, 15) is 13.2 Å². The summed E-state index contributed by atoms with van der Waals surface area (Å²) in [5.41, 5.74) is 5.01. The molecule has 2 N–H and O–H groups in total. The first-order valence-electron chi connectivity index (χ1n) is 5.93. The lowest BCUT2D eigenvalue weighted by atomic mass is 9.94. The maximum Gasteiger partial charge on any atom is 0.416 e. The van der Waals surface area contributed by atoms with Crippen LogP contribution in [0.2, 0.25) is 0 Å². The summed E-state index contributed by atoms with van der Waals surface area (Å²) < 4.78 is 42.8. The molecule has 6 heteroatoms. The van der Waals surface area contributed by atoms with Crippen LogP contribution in [0.4, 0.5) is 13.2 Å². The summed E-state index contributed by atoms with van der Waals surface area (Å²) >= 11 is 0. The van der Waals surface area contributed by atoms with Crippen LogP contribution in [0, 0.1) is 0 Å². The Morgan fingerprint density at radius 2 is 2.16 bits per heavy atom. The lowest BCUT2D eigenvalue weighted by Gasteiger charge is -2.18. The fraction of sp³-hybridized carbons (Fsp3) is 0.462. The number of ether oxygens (including phenoxy) is 1. The number of amidine groups is 1. The Labute approximate surface area is 109 Å². The van der Waals surface area contributed by atoms with Gasteiger partial charge in [0.15, 0.2) is 0 Å². The predicted molar refractivity (Wildman–Crippen MR) is 65.7 cm³/mol. The van der Waals surface area contributed by atoms with E-state index >= 15 is 0 Å². The van der Waals surface area contributed by atoms with Gasteiger partial charge < -0.3 is 10.5 Å². The maximum absolute atomic E-state index is 12.6. The number of halogens is 3. The predicted octanol–water partition coefficient (Wildman–Crippen LogP) is 2.74. The number of hydrogen-bond acceptors (Lipinski definition) is 3. The van der Waals surface area contributed by atoms with E-state index in [0.717, 1.165) is 6.07 Å². The number of hydrogen-bond donors (Lipinski definition) is 1. The van der Waals surface area contributed by atoms with Gasteiger partial charge in [0.1, 0.15) is 6.61 Å². The van der Waals surface area contributed by atoms with Gasteiger partial charge in [-0.3, -0.25) is 0 Å². The molecule has 0 spiro atoms. The van der Waals surface area contributed by atoms with Gasteiger partial charge >= 0.3 is 6.18 Å². The van der Waals surface area contributed by atoms with Gasteiger partial charge in [-0.2, -0.15) is 13.2 Å². The third-order valence-corrected chi connectivity index (χ3v) is 3.12. The van der Waals surface area contributed by atoms with Crippen LogP contribution in [0.5, 0.6) is 0 Å². The zero-order chi connectivity index (χ0) is 14.1. The van der Waals surface area contributed by atoms with E-state index in [1.165, 1.54) is 12.1 Å². The molecular weight excluding hydrogens is 257 g/mol. The van der Waals surface area contributed by atoms with Crippen LogP contribution >= 0.6 is 0 Å². The maximum atomic E-state index is 12.6. The molecule has 0 radical (unpaired) electrons. The zero-order valence-corrected chi connectivity index (χ0v) is 10.5. The fourth-order valence-electron chi connectivity index (χ4n) is 2.00. The Morgan fingerprint density at radius 1 is 1.42 bits per heavy atom. The van der Waals surface area contributed by atoms with Crippen molar-refractivity contribution in [3.05, 3.63) is 35.4 Å². The van der Waals surface area contributed by atoms with Gasteiger partial charge in [-0.15, -0.1) is 0 Å². The lowest BCUT2D eigenvalue weighted by molar-refractivity contribution is -0.137. The average molecular weight is 272 g/mol. The Kier molecular flexibility index (Phi) is 3.43. The van der Waals surface area contributed by atoms with Crippen LogP contribution in [0.3, 0.4) is 0 Å². The van der Waals surface area contributed by atoms with Crippen molar-refractivity contribution in [3.63, 3.8) is 0 Å². The first kappa shape index (κ1) is 13.7. The van der Waals surface area contributed by atoms with Crippen LogP contribution in [0.25, 0.3) is 0 Å². The number of alkyl halides is 3. The van der Waals surface area contributed by atoms with Gasteiger partial charge in [0.05, 0.1) is 11.1 Å². The standard InChI is InChI=1S/C13H15F3N2O/c1-12(8-19-11(17)18-12)6-5-9-3-2-4-10(7-9)13(14,15)16/h2-4,7H,5-6,8H2,1H3,(H2,17,18). The molecule has 0 aromatic heterocycles. The molecular formula is C13H15F3N2O. The van der Waals surface area contributed by atoms with Gasteiger partial charge in [0.2, 0.25) is 0 Å². The Balaban J connectivity index is 2.05. The van der Waals surface area contributed by atoms with Gasteiger partial charge in [0, 0.05) is 0 Å². The van der Waals surface area contributed by atoms with E-state index in [0.29, 0.717) is 25.0 Å². The monoisotopic (exact) mass is 272 g/mol. The summed E-state index contributed by atoms with van der Waals surface area (Å²) in [6.07, 6.45) is -3.21. The first-order valence-corrected chi connectivity index (χ1v) is 5.93. The molecule has 19 heavy (non-hydrogen) atoms. The second kappa shape index (κ2) is 4.75. The molecule has 0 saturated heterocycles. The van der Waals surface area contributed by atoms with Crippen molar-refractivity contribution < 1.29 is 17.9 Å². The highest BCUT2D eigenvalue weighted by molar-refractivity contribution is 5.73. The van der Waals surface area contributed by atoms with Crippen LogP contribution in [-0.2, 0) is 17.3 Å². The van der Waals surface area contributed by atoms with E-state index in [1.54, 1.807) is 6.07 Å². The van der Waals surface area contributed by atoms with Crippen LogP contribution in [0.15, 0.2) is 29.3 Å². The van der Waals surface area contributed by atoms with E-state index < -0.39 is 17.3 Å². The number of benzene rings is 1. The molecule has 0 fully saturated rings. The molecule has 1 aliphatic rings. The van der Waals surface area contributed by atoms with E-state index in [-0.39, 0.29) is 6.02 Å². The minimum absolute atomic E-state index is 0.145. The molecule has 1 atom stereocenters. The number of aryl methyl sites for hydroxylation is 1. The lowest BCUT2D eigenvalue weighted by Crippen LogP contribution is -2.24. The van der Waals surface area contributed by atoms with Crippen LogP contribution in [-0.4, -0.2) is 18.2 Å². The SMILES string of the molecule is CC1(CCc2cccc(C(F)(F)F)c2)COC(N)=N1. The summed E-state index contributed by atoms with van der Waals surface area (Å²) in [6, 6.07) is 5.49. The van der Waals surface area contributed by atoms with E-state index in [1.807, 2.05) is 6.92 Å². The molecule has 1 aromatic rings. The molecule has 1 heterocycles. The molecule has 1 aromatic carbocycles. The van der Waals surface area contributed by atoms with Gasteiger partial charge in [-0.05, 0) is 31.4 Å². The van der Waals surface area contributed by atoms with Gasteiger partial charge in [-0.25, -0.2) is 4.99 Å². The minimum Gasteiger partial charge on any atom is -0.463 e. The third kappa shape index (κ3) is 3.39. The molecule has 0 bridgehead atoms. The highest BCUT2D eigenvalue weighted by Gasteiger charge is 2.32. The molecule has 0 amide bonds. The largest absolute Gasteiger partial charge is 0.463 e. The normalized spacial score (nSPS) is 23.1. The van der Waals surface area contributed by atoms with Crippen molar-refractivity contribution in [2.75, 3.05) is 6.61 Å². The molecule has 1 aliphatic heterocycles. The number of nitrogens with two attached hydrogens (primary N) is 1. The van der Waals surface area contributed by atoms with Crippen LogP contribution < -0.4 is 5.73 Å². The molecule has 0 aliphatic carbocycles. The number of aliphatic imine (C=N–C) groups is 1. The highest BCUT2D eigenvalue weighted by atomic mass is 19.4. The van der Waals surface area contributed by atoms with Crippen molar-refractivity contribution >= 4 is 6.02 Å². The smallest absolute Gasteiger partial charge is 0.416 e. The Morgan fingerprint density at radius 3 is 2.74 bits per heavy atom. The second-order valence-corrected chi connectivity index (χ2v) is 4.93. The zero-order valence-electron chi connectivity index (χ0n) is 10.5. The van der Waals surface area contributed by atoms with Crippen molar-refractivity contribution in [3.8, 4) is 0 Å². The summed E-state index contributed by atoms with van der Waals surface area (Å²) in [5.74, 6) is 0. The minimum atomic E-state index is -4.31. The quantitative estimate of drug-likeness (QED) is 0.919. The second-order valence-electron chi connectivity index (χ2n) is 4.93. The molecule has 0 saturated carbocycles. The Hall–Kier alpha value is -1.72. The average Bonchev–Trinajstić information content (AvgIpc) is 2.67. The molecule has 1 unspecified atom stereocenters. The van der Waals surface area contributed by atoms with Crippen molar-refractivity contribution in [1.82, 2.24) is 0 Å². The summed E-state index contributed by atoms with van der Waals surface area (Å²) in [6.45, 7) is 2.25. The fourth-order valence-corrected chi connectivity index (χ4v) is 2.00. The Bertz CT molecular complexity index is 499. The van der Waals surface area contributed by atoms with Crippen LogP contribution in [0.1, 0.15) is 24.5 Å². The third-order valence-electron chi connectivity index (χ3n) is 3.12. The van der Waals surface area contributed by atoms with E-state index in [2.05, 4.69) is 4.99 Å². The number of rotatable bonds is 3. The molecule has 2 rings (SSSR count). The van der Waals surface area contributed by atoms with Gasteiger partial charge in [0.25, 0.3) is 6.02 Å². The van der Waals surface area contributed by atoms with E-state index in [4.69, 9.17) is 10.5 Å². The molecule has 3 nitrogen and oxygen atoms in total. The molecule has 104 valence electrons. The summed E-state index contributed by atoms with van der Waals surface area (Å²) in [4.78, 5) is 4.16. The topological polar surface area (TPSA) is 47.6 Å². The first-order chi connectivity index (χ1) is 8.78. The summed E-state index contributed by atoms with van der Waals surface area (Å²) in [5, 5.41) is 0. The number of nitrogens with zero attached hydrogens (tertiary/aromatic N) is 1. The highest BCUT2D eigenvalue weighted by Crippen LogP contribution is 2.30. The van der Waals surface area contributed by atoms with Crippen molar-refractivity contribution in [1.29, 1.82) is 0 Å². The summed E-state index contributed by atoms with van der Waals surface area (Å²) in [7, 11) is 0. The van der Waals surface area contributed by atoms with Crippen molar-refractivity contribution in [2.24, 2.45) is 10.7 Å². The van der Waals surface area contributed by atoms with Crippen molar-refractivity contribution in [2.45, 2.75) is 31.5 Å². The van der Waals surface area contributed by atoms with Gasteiger partial charge in [-0.1, -0.05) is 18.2 Å².